The van der Waals surface area contributed by atoms with Crippen molar-refractivity contribution in [3.8, 4) is 45.0 Å². The molecule has 0 unspecified atom stereocenters. The third-order valence-electron chi connectivity index (χ3n) is 9.62. The highest BCUT2D eigenvalue weighted by Gasteiger charge is 2.38. The van der Waals surface area contributed by atoms with E-state index in [1.807, 2.05) is 12.1 Å². The Morgan fingerprint density at radius 3 is 1.96 bits per heavy atom. The first-order valence-electron chi connectivity index (χ1n) is 15.8. The maximum Gasteiger partial charge on any atom is 0.160 e. The van der Waals surface area contributed by atoms with Gasteiger partial charge in [0.1, 0.15) is 0 Å². The van der Waals surface area contributed by atoms with Crippen LogP contribution in [0.3, 0.4) is 0 Å². The zero-order valence-corrected chi connectivity index (χ0v) is 25.8. The molecule has 0 fully saturated rings. The molecule has 2 aliphatic rings. The molecule has 0 radical (unpaired) electrons. The molecule has 218 valence electrons. The van der Waals surface area contributed by atoms with Crippen molar-refractivity contribution in [2.75, 3.05) is 4.90 Å². The standard InChI is InChI=1S/C43H31N3/c1-43(2)35-21-10-9-20-33(35)41-34-23-24-46(39-22-12-17-30(40(34)39)26-36(41)43)32-19-11-18-31(25-32)42-44-37(28-13-5-3-6-14-28)27-38(45-42)29-15-7-4-8-16-29/h3-27H,1-2H3. The van der Waals surface area contributed by atoms with Crippen molar-refractivity contribution in [3.05, 3.63) is 162 Å². The largest absolute Gasteiger partial charge is 0.316 e. The molecule has 1 aromatic heterocycles. The number of aromatic nitrogens is 2. The van der Waals surface area contributed by atoms with E-state index in [1.54, 1.807) is 0 Å². The number of rotatable bonds is 4. The summed E-state index contributed by atoms with van der Waals surface area (Å²) in [4.78, 5) is 12.5. The first-order chi connectivity index (χ1) is 22.6. The molecular formula is C43H31N3. The van der Waals surface area contributed by atoms with Crippen LogP contribution in [0.2, 0.25) is 0 Å². The van der Waals surface area contributed by atoms with Crippen molar-refractivity contribution in [1.29, 1.82) is 0 Å². The third-order valence-corrected chi connectivity index (χ3v) is 9.62. The van der Waals surface area contributed by atoms with Crippen LogP contribution in [0.25, 0.3) is 61.9 Å². The highest BCUT2D eigenvalue weighted by molar-refractivity contribution is 6.10. The normalized spacial score (nSPS) is 13.9. The van der Waals surface area contributed by atoms with E-state index in [9.17, 15) is 0 Å². The number of benzene rings is 6. The average molecular weight is 590 g/mol. The Hall–Kier alpha value is -5.80. The van der Waals surface area contributed by atoms with Gasteiger partial charge >= 0.3 is 0 Å². The Balaban J connectivity index is 1.19. The van der Waals surface area contributed by atoms with Crippen molar-refractivity contribution in [2.45, 2.75) is 19.3 Å². The quantitative estimate of drug-likeness (QED) is 0.204. The van der Waals surface area contributed by atoms with E-state index in [-0.39, 0.29) is 5.41 Å². The van der Waals surface area contributed by atoms with Gasteiger partial charge in [-0.2, -0.15) is 0 Å². The fourth-order valence-corrected chi connectivity index (χ4v) is 7.35. The SMILES string of the molecule is CC1(C)c2ccccc2-c2c1cc1cccc3c1c2C=CN3c1cccc(-c2nc(-c3ccccc3)cc(-c3ccccc3)n2)c1. The van der Waals surface area contributed by atoms with E-state index >= 15 is 0 Å². The fraction of sp³-hybridized carbons (Fsp3) is 0.0698. The first kappa shape index (κ1) is 26.6. The van der Waals surface area contributed by atoms with E-state index in [0.717, 1.165) is 33.8 Å². The monoisotopic (exact) mass is 589 g/mol. The summed E-state index contributed by atoms with van der Waals surface area (Å²) in [6.07, 6.45) is 4.53. The second-order valence-corrected chi connectivity index (χ2v) is 12.7. The van der Waals surface area contributed by atoms with Gasteiger partial charge in [0.2, 0.25) is 0 Å². The molecular weight excluding hydrogens is 558 g/mol. The van der Waals surface area contributed by atoms with E-state index in [4.69, 9.17) is 9.97 Å². The maximum atomic E-state index is 5.09. The van der Waals surface area contributed by atoms with Gasteiger partial charge in [-0.1, -0.05) is 123 Å². The van der Waals surface area contributed by atoms with Crippen molar-refractivity contribution >= 4 is 28.2 Å². The van der Waals surface area contributed by atoms with Gasteiger partial charge in [0.15, 0.2) is 5.82 Å². The number of anilines is 2. The Kier molecular flexibility index (Phi) is 5.85. The lowest BCUT2D eigenvalue weighted by Gasteiger charge is -2.29. The first-order valence-corrected chi connectivity index (χ1v) is 15.8. The van der Waals surface area contributed by atoms with Crippen LogP contribution in [0.1, 0.15) is 30.5 Å². The fourth-order valence-electron chi connectivity index (χ4n) is 7.35. The average Bonchev–Trinajstić information content (AvgIpc) is 3.35. The highest BCUT2D eigenvalue weighted by atomic mass is 15.1. The molecule has 0 spiro atoms. The van der Waals surface area contributed by atoms with Crippen LogP contribution in [-0.2, 0) is 5.41 Å². The molecule has 0 saturated heterocycles. The van der Waals surface area contributed by atoms with E-state index < -0.39 is 0 Å². The van der Waals surface area contributed by atoms with Gasteiger partial charge in [-0.05, 0) is 69.6 Å². The summed E-state index contributed by atoms with van der Waals surface area (Å²) in [5.74, 6) is 0.707. The van der Waals surface area contributed by atoms with Gasteiger partial charge in [0, 0.05) is 39.4 Å². The van der Waals surface area contributed by atoms with Gasteiger partial charge < -0.3 is 4.90 Å². The lowest BCUT2D eigenvalue weighted by atomic mass is 9.81. The van der Waals surface area contributed by atoms with Crippen LogP contribution in [-0.4, -0.2) is 9.97 Å². The smallest absolute Gasteiger partial charge is 0.160 e. The van der Waals surface area contributed by atoms with Gasteiger partial charge in [-0.3, -0.25) is 0 Å². The summed E-state index contributed by atoms with van der Waals surface area (Å²) >= 11 is 0. The Morgan fingerprint density at radius 1 is 0.565 bits per heavy atom. The van der Waals surface area contributed by atoms with E-state index in [1.165, 1.54) is 44.3 Å². The number of hydrogen-bond donors (Lipinski definition) is 0. The molecule has 0 atom stereocenters. The molecule has 7 aromatic rings. The predicted molar refractivity (Wildman–Crippen MR) is 191 cm³/mol. The molecule has 1 aliphatic heterocycles. The summed E-state index contributed by atoms with van der Waals surface area (Å²) in [5.41, 5.74) is 14.0. The van der Waals surface area contributed by atoms with Crippen molar-refractivity contribution < 1.29 is 0 Å². The zero-order valence-electron chi connectivity index (χ0n) is 25.8. The zero-order chi connectivity index (χ0) is 30.8. The molecule has 9 rings (SSSR count). The molecule has 46 heavy (non-hydrogen) atoms. The molecule has 0 bridgehead atoms. The Labute approximate surface area is 269 Å². The Bertz CT molecular complexity index is 2280. The van der Waals surface area contributed by atoms with Gasteiger partial charge in [0.05, 0.1) is 17.1 Å². The van der Waals surface area contributed by atoms with E-state index in [0.29, 0.717) is 5.82 Å². The minimum atomic E-state index is -0.0428. The van der Waals surface area contributed by atoms with Crippen LogP contribution in [0, 0.1) is 0 Å². The topological polar surface area (TPSA) is 29.0 Å². The van der Waals surface area contributed by atoms with Crippen LogP contribution in [0.5, 0.6) is 0 Å². The number of fused-ring (bicyclic) bond motifs is 4. The molecule has 0 saturated carbocycles. The minimum Gasteiger partial charge on any atom is -0.316 e. The van der Waals surface area contributed by atoms with Gasteiger partial charge in [-0.25, -0.2) is 9.97 Å². The molecule has 0 amide bonds. The second-order valence-electron chi connectivity index (χ2n) is 12.7. The predicted octanol–water partition coefficient (Wildman–Crippen LogP) is 11.1. The highest BCUT2D eigenvalue weighted by Crippen LogP contribution is 2.54. The summed E-state index contributed by atoms with van der Waals surface area (Å²) in [7, 11) is 0. The third kappa shape index (κ3) is 4.05. The van der Waals surface area contributed by atoms with Gasteiger partial charge in [0.25, 0.3) is 0 Å². The molecule has 3 nitrogen and oxygen atoms in total. The van der Waals surface area contributed by atoms with Crippen LogP contribution in [0.4, 0.5) is 11.4 Å². The molecule has 1 aliphatic carbocycles. The Morgan fingerprint density at radius 2 is 1.22 bits per heavy atom. The van der Waals surface area contributed by atoms with Crippen LogP contribution < -0.4 is 4.90 Å². The summed E-state index contributed by atoms with van der Waals surface area (Å²) < 4.78 is 0. The molecule has 2 heterocycles. The lowest BCUT2D eigenvalue weighted by Crippen LogP contribution is -2.16. The van der Waals surface area contributed by atoms with Crippen molar-refractivity contribution in [1.82, 2.24) is 9.97 Å². The van der Waals surface area contributed by atoms with Crippen molar-refractivity contribution in [2.24, 2.45) is 0 Å². The minimum absolute atomic E-state index is 0.0428. The van der Waals surface area contributed by atoms with E-state index in [2.05, 4.69) is 158 Å². The molecule has 0 N–H and O–H groups in total. The molecule has 6 aromatic carbocycles. The summed E-state index contributed by atoms with van der Waals surface area (Å²) in [6.45, 7) is 4.70. The number of nitrogens with zero attached hydrogens (tertiary/aromatic N) is 3. The maximum absolute atomic E-state index is 5.09. The van der Waals surface area contributed by atoms with Crippen LogP contribution >= 0.6 is 0 Å². The summed E-state index contributed by atoms with van der Waals surface area (Å²) in [6, 6.07) is 49.3. The van der Waals surface area contributed by atoms with Crippen molar-refractivity contribution in [3.63, 3.8) is 0 Å². The number of hydrogen-bond acceptors (Lipinski definition) is 3. The summed E-state index contributed by atoms with van der Waals surface area (Å²) in [5, 5.41) is 2.55. The second kappa shape index (κ2) is 10.1. The molecule has 3 heteroatoms. The lowest BCUT2D eigenvalue weighted by molar-refractivity contribution is 0.661. The van der Waals surface area contributed by atoms with Gasteiger partial charge in [-0.15, -0.1) is 0 Å². The van der Waals surface area contributed by atoms with Crippen LogP contribution in [0.15, 0.2) is 146 Å².